The zero-order valence-corrected chi connectivity index (χ0v) is 19.6. The van der Waals surface area contributed by atoms with Gasteiger partial charge in [-0.05, 0) is 106 Å². The minimum Gasteiger partial charge on any atom is -0.479 e. The van der Waals surface area contributed by atoms with Crippen LogP contribution in [0.3, 0.4) is 0 Å². The SMILES string of the molecule is Cc1cc(C(=O)N(C)C)c2c(c1C(OC(C)(C)C)C(=O)O)C1(CC2)CCC(C)CC1. The smallest absolute Gasteiger partial charge is 0.337 e. The number of amides is 1. The Morgan fingerprint density at radius 3 is 2.30 bits per heavy atom. The maximum atomic E-state index is 13.0. The Bertz CT molecular complexity index is 842. The van der Waals surface area contributed by atoms with Crippen molar-refractivity contribution in [3.05, 3.63) is 33.9 Å². The summed E-state index contributed by atoms with van der Waals surface area (Å²) in [6, 6.07) is 1.89. The van der Waals surface area contributed by atoms with E-state index in [1.54, 1.807) is 19.0 Å². The molecule has 0 heterocycles. The topological polar surface area (TPSA) is 66.8 Å². The van der Waals surface area contributed by atoms with Gasteiger partial charge in [0, 0.05) is 19.7 Å². The van der Waals surface area contributed by atoms with E-state index in [0.29, 0.717) is 5.92 Å². The van der Waals surface area contributed by atoms with Crippen molar-refractivity contribution in [2.24, 2.45) is 5.92 Å². The number of carboxylic acids is 1. The van der Waals surface area contributed by atoms with Crippen LogP contribution < -0.4 is 0 Å². The average molecular weight is 416 g/mol. The fourth-order valence-electron chi connectivity index (χ4n) is 5.40. The number of aryl methyl sites for hydroxylation is 1. The lowest BCUT2D eigenvalue weighted by Crippen LogP contribution is -2.34. The molecular formula is C25H37NO4. The van der Waals surface area contributed by atoms with E-state index in [1.165, 1.54) is 0 Å². The zero-order valence-electron chi connectivity index (χ0n) is 19.6. The van der Waals surface area contributed by atoms with Gasteiger partial charge in [-0.15, -0.1) is 0 Å². The van der Waals surface area contributed by atoms with E-state index in [2.05, 4.69) is 6.92 Å². The van der Waals surface area contributed by atoms with E-state index in [-0.39, 0.29) is 11.3 Å². The maximum absolute atomic E-state index is 13.0. The molecule has 1 amide bonds. The van der Waals surface area contributed by atoms with Crippen molar-refractivity contribution in [3.8, 4) is 0 Å². The van der Waals surface area contributed by atoms with Crippen molar-refractivity contribution in [2.45, 2.75) is 90.3 Å². The van der Waals surface area contributed by atoms with E-state index >= 15 is 0 Å². The molecule has 5 heteroatoms. The van der Waals surface area contributed by atoms with Gasteiger partial charge in [-0.25, -0.2) is 4.79 Å². The monoisotopic (exact) mass is 415 g/mol. The second-order valence-electron chi connectivity index (χ2n) is 10.6. The van der Waals surface area contributed by atoms with Gasteiger partial charge in [-0.3, -0.25) is 4.79 Å². The molecule has 0 saturated heterocycles. The van der Waals surface area contributed by atoms with Crippen LogP contribution >= 0.6 is 0 Å². The lowest BCUT2D eigenvalue weighted by molar-refractivity contribution is -0.160. The Labute approximate surface area is 180 Å². The van der Waals surface area contributed by atoms with Crippen LogP contribution in [-0.4, -0.2) is 41.6 Å². The molecule has 3 rings (SSSR count). The van der Waals surface area contributed by atoms with E-state index < -0.39 is 17.7 Å². The fraction of sp³-hybridized carbons (Fsp3) is 0.680. The summed E-state index contributed by atoms with van der Waals surface area (Å²) < 4.78 is 6.10. The summed E-state index contributed by atoms with van der Waals surface area (Å²) in [6.07, 6.45) is 5.17. The van der Waals surface area contributed by atoms with Crippen molar-refractivity contribution >= 4 is 11.9 Å². The third-order valence-electron chi connectivity index (χ3n) is 6.89. The van der Waals surface area contributed by atoms with Gasteiger partial charge in [-0.2, -0.15) is 0 Å². The van der Waals surface area contributed by atoms with Gasteiger partial charge in [0.15, 0.2) is 6.10 Å². The van der Waals surface area contributed by atoms with Gasteiger partial charge in [0.25, 0.3) is 5.91 Å². The number of fused-ring (bicyclic) bond motifs is 2. The molecule has 1 unspecified atom stereocenters. The third-order valence-corrected chi connectivity index (χ3v) is 6.89. The first-order chi connectivity index (χ1) is 13.9. The number of hydrogen-bond acceptors (Lipinski definition) is 3. The summed E-state index contributed by atoms with van der Waals surface area (Å²) in [5, 5.41) is 10.1. The standard InChI is InChI=1S/C25H37NO4/c1-15-8-11-25(12-9-15)13-10-17-18(22(27)26(6)7)14-16(2)19(20(17)25)21(23(28)29)30-24(3,4)5/h14-15,21H,8-13H2,1-7H3,(H,28,29). The van der Waals surface area contributed by atoms with E-state index in [4.69, 9.17) is 4.74 Å². The molecule has 1 aromatic carbocycles. The molecule has 0 bridgehead atoms. The molecule has 1 saturated carbocycles. The van der Waals surface area contributed by atoms with Crippen LogP contribution in [-0.2, 0) is 21.4 Å². The lowest BCUT2D eigenvalue weighted by Gasteiger charge is -2.40. The van der Waals surface area contributed by atoms with Crippen LogP contribution in [0.25, 0.3) is 0 Å². The zero-order chi connectivity index (χ0) is 22.4. The first-order valence-electron chi connectivity index (χ1n) is 11.2. The predicted molar refractivity (Wildman–Crippen MR) is 118 cm³/mol. The molecule has 1 N–H and O–H groups in total. The van der Waals surface area contributed by atoms with Crippen molar-refractivity contribution in [2.75, 3.05) is 14.1 Å². The average Bonchev–Trinajstić information content (AvgIpc) is 3.00. The van der Waals surface area contributed by atoms with Crippen LogP contribution in [0, 0.1) is 12.8 Å². The minimum absolute atomic E-state index is 0.00857. The summed E-state index contributed by atoms with van der Waals surface area (Å²) in [6.45, 7) is 9.90. The molecule has 0 aliphatic heterocycles. The van der Waals surface area contributed by atoms with Crippen LogP contribution in [0.15, 0.2) is 6.07 Å². The molecule has 2 aliphatic carbocycles. The first kappa shape index (κ1) is 22.8. The Morgan fingerprint density at radius 1 is 1.20 bits per heavy atom. The van der Waals surface area contributed by atoms with Crippen molar-refractivity contribution < 1.29 is 19.4 Å². The summed E-state index contributed by atoms with van der Waals surface area (Å²) >= 11 is 0. The molecule has 5 nitrogen and oxygen atoms in total. The third kappa shape index (κ3) is 4.14. The van der Waals surface area contributed by atoms with Gasteiger partial charge in [-0.1, -0.05) is 6.92 Å². The molecule has 0 aromatic heterocycles. The molecule has 2 aliphatic rings. The van der Waals surface area contributed by atoms with E-state index in [0.717, 1.165) is 66.3 Å². The number of carbonyl (C=O) groups excluding carboxylic acids is 1. The van der Waals surface area contributed by atoms with Crippen LogP contribution in [0.1, 0.15) is 98.5 Å². The highest BCUT2D eigenvalue weighted by molar-refractivity contribution is 5.97. The summed E-state index contributed by atoms with van der Waals surface area (Å²) in [7, 11) is 3.54. The van der Waals surface area contributed by atoms with Gasteiger partial charge < -0.3 is 14.7 Å². The molecule has 0 radical (unpaired) electrons. The molecule has 1 spiro atoms. The Kier molecular flexibility index (Phi) is 6.07. The highest BCUT2D eigenvalue weighted by Crippen LogP contribution is 2.54. The first-order valence-corrected chi connectivity index (χ1v) is 11.2. The second-order valence-corrected chi connectivity index (χ2v) is 10.6. The molecule has 1 atom stereocenters. The van der Waals surface area contributed by atoms with Gasteiger partial charge >= 0.3 is 5.97 Å². The lowest BCUT2D eigenvalue weighted by atomic mass is 9.65. The van der Waals surface area contributed by atoms with Crippen LogP contribution in [0.4, 0.5) is 0 Å². The second kappa shape index (κ2) is 7.99. The van der Waals surface area contributed by atoms with Gasteiger partial charge in [0.1, 0.15) is 0 Å². The van der Waals surface area contributed by atoms with Gasteiger partial charge in [0.2, 0.25) is 0 Å². The summed E-state index contributed by atoms with van der Waals surface area (Å²) in [4.78, 5) is 27.0. The number of nitrogens with zero attached hydrogens (tertiary/aromatic N) is 1. The van der Waals surface area contributed by atoms with Crippen molar-refractivity contribution in [1.82, 2.24) is 4.90 Å². The molecule has 1 aromatic rings. The fourth-order valence-corrected chi connectivity index (χ4v) is 5.40. The van der Waals surface area contributed by atoms with Crippen LogP contribution in [0.2, 0.25) is 0 Å². The van der Waals surface area contributed by atoms with E-state index in [9.17, 15) is 14.7 Å². The Morgan fingerprint density at radius 2 is 1.80 bits per heavy atom. The van der Waals surface area contributed by atoms with Crippen LogP contribution in [0.5, 0.6) is 0 Å². The van der Waals surface area contributed by atoms with Gasteiger partial charge in [0.05, 0.1) is 5.60 Å². The van der Waals surface area contributed by atoms with Crippen molar-refractivity contribution in [1.29, 1.82) is 0 Å². The summed E-state index contributed by atoms with van der Waals surface area (Å²) in [5.74, 6) is -0.282. The highest BCUT2D eigenvalue weighted by Gasteiger charge is 2.46. The molecule has 30 heavy (non-hydrogen) atoms. The largest absolute Gasteiger partial charge is 0.479 e. The minimum atomic E-state index is -1.03. The predicted octanol–water partition coefficient (Wildman–Crippen LogP) is 5.03. The number of carboxylic acid groups (broad SMARTS) is 1. The Hall–Kier alpha value is -1.88. The molecular weight excluding hydrogens is 378 g/mol. The Balaban J connectivity index is 2.27. The summed E-state index contributed by atoms with van der Waals surface area (Å²) in [5.41, 5.74) is 3.88. The number of benzene rings is 1. The number of hydrogen-bond donors (Lipinski definition) is 1. The molecule has 1 fully saturated rings. The number of rotatable bonds is 4. The highest BCUT2D eigenvalue weighted by atomic mass is 16.5. The normalized spacial score (nSPS) is 24.6. The van der Waals surface area contributed by atoms with E-state index in [1.807, 2.05) is 33.8 Å². The quantitative estimate of drug-likeness (QED) is 0.749. The number of aliphatic carboxylic acids is 1. The number of carbonyl (C=O) groups is 2. The molecule has 166 valence electrons. The number of ether oxygens (including phenoxy) is 1. The van der Waals surface area contributed by atoms with Crippen molar-refractivity contribution in [3.63, 3.8) is 0 Å². The maximum Gasteiger partial charge on any atom is 0.337 e.